The van der Waals surface area contributed by atoms with Gasteiger partial charge in [0.15, 0.2) is 0 Å². The number of likely N-dealkylation sites (tertiary alicyclic amines) is 1. The number of hydrogen-bond donors (Lipinski definition) is 2. The first-order chi connectivity index (χ1) is 13.0. The molecule has 1 saturated carbocycles. The van der Waals surface area contributed by atoms with Crippen LogP contribution in [0.1, 0.15) is 57.1 Å². The van der Waals surface area contributed by atoms with Crippen LogP contribution in [0.2, 0.25) is 0 Å². The van der Waals surface area contributed by atoms with E-state index in [1.165, 1.54) is 44.4 Å². The molecule has 6 heteroatoms. The van der Waals surface area contributed by atoms with Crippen molar-refractivity contribution in [3.63, 3.8) is 0 Å². The lowest BCUT2D eigenvalue weighted by molar-refractivity contribution is 0.171. The molecule has 0 aromatic heterocycles. The van der Waals surface area contributed by atoms with Gasteiger partial charge in [-0.15, -0.1) is 0 Å². The fraction of sp³-hybridized carbons (Fsp3) is 0.667. The average molecular weight is 378 g/mol. The number of nitrogens with one attached hydrogen (secondary N) is 2. The molecule has 2 N–H and O–H groups in total. The van der Waals surface area contributed by atoms with Crippen LogP contribution in [0.15, 0.2) is 18.2 Å². The molecule has 1 heterocycles. The monoisotopic (exact) mass is 377 g/mol. The first kappa shape index (κ1) is 19.9. The topological polar surface area (TPSA) is 53.6 Å². The number of halogens is 1. The molecule has 27 heavy (non-hydrogen) atoms. The van der Waals surface area contributed by atoms with Gasteiger partial charge in [0.1, 0.15) is 11.6 Å². The minimum absolute atomic E-state index is 0.200. The molecule has 0 bridgehead atoms. The van der Waals surface area contributed by atoms with E-state index in [9.17, 15) is 9.18 Å². The second-order valence-corrected chi connectivity index (χ2v) is 7.95. The Morgan fingerprint density at radius 1 is 1.26 bits per heavy atom. The SMILES string of the molecule is COc1ccc(F)cc1[C@H](C)NC(=O)NC1CCN(CC2CCCC2)CC1. The third-order valence-corrected chi connectivity index (χ3v) is 5.92. The third kappa shape index (κ3) is 5.58. The molecule has 1 aromatic rings. The largest absolute Gasteiger partial charge is 0.496 e. The highest BCUT2D eigenvalue weighted by atomic mass is 19.1. The van der Waals surface area contributed by atoms with E-state index in [0.717, 1.165) is 31.8 Å². The maximum absolute atomic E-state index is 13.5. The first-order valence-corrected chi connectivity index (χ1v) is 10.2. The predicted octanol–water partition coefficient (Wildman–Crippen LogP) is 3.85. The quantitative estimate of drug-likeness (QED) is 0.792. The van der Waals surface area contributed by atoms with Crippen molar-refractivity contribution in [2.24, 2.45) is 5.92 Å². The van der Waals surface area contributed by atoms with E-state index in [0.29, 0.717) is 11.3 Å². The molecular formula is C21H32FN3O2. The normalized spacial score (nSPS) is 20.4. The van der Waals surface area contributed by atoms with Crippen molar-refractivity contribution < 1.29 is 13.9 Å². The molecule has 1 atom stereocenters. The van der Waals surface area contributed by atoms with Crippen LogP contribution >= 0.6 is 0 Å². The van der Waals surface area contributed by atoms with Crippen molar-refractivity contribution in [3.8, 4) is 5.75 Å². The summed E-state index contributed by atoms with van der Waals surface area (Å²) in [6, 6.07) is 4.01. The lowest BCUT2D eigenvalue weighted by Gasteiger charge is -2.34. The summed E-state index contributed by atoms with van der Waals surface area (Å²) in [5, 5.41) is 5.98. The van der Waals surface area contributed by atoms with Crippen LogP contribution in [-0.4, -0.2) is 43.7 Å². The van der Waals surface area contributed by atoms with Crippen LogP contribution in [0.3, 0.4) is 0 Å². The van der Waals surface area contributed by atoms with Crippen LogP contribution < -0.4 is 15.4 Å². The van der Waals surface area contributed by atoms with Gasteiger partial charge in [0.2, 0.25) is 0 Å². The Labute approximate surface area is 161 Å². The van der Waals surface area contributed by atoms with E-state index in [-0.39, 0.29) is 23.9 Å². The van der Waals surface area contributed by atoms with Crippen molar-refractivity contribution in [3.05, 3.63) is 29.6 Å². The molecule has 2 fully saturated rings. The molecule has 1 aliphatic heterocycles. The molecule has 2 aliphatic rings. The number of urea groups is 1. The molecule has 0 radical (unpaired) electrons. The number of amides is 2. The standard InChI is InChI=1S/C21H32FN3O2/c1-15(19-13-17(22)7-8-20(19)27-2)23-21(26)24-18-9-11-25(12-10-18)14-16-5-3-4-6-16/h7-8,13,15-16,18H,3-6,9-12,14H2,1-2H3,(H2,23,24,26)/t15-/m0/s1. The number of hydrogen-bond acceptors (Lipinski definition) is 3. The van der Waals surface area contributed by atoms with E-state index in [4.69, 9.17) is 4.74 Å². The Hall–Kier alpha value is -1.82. The zero-order valence-corrected chi connectivity index (χ0v) is 16.5. The Morgan fingerprint density at radius 3 is 2.63 bits per heavy atom. The zero-order valence-electron chi connectivity index (χ0n) is 16.5. The number of ether oxygens (including phenoxy) is 1. The molecule has 1 aliphatic carbocycles. The van der Waals surface area contributed by atoms with Gasteiger partial charge < -0.3 is 20.3 Å². The minimum atomic E-state index is -0.338. The number of rotatable bonds is 6. The highest BCUT2D eigenvalue weighted by Gasteiger charge is 2.25. The Bertz CT molecular complexity index is 626. The van der Waals surface area contributed by atoms with Gasteiger partial charge in [0.25, 0.3) is 0 Å². The smallest absolute Gasteiger partial charge is 0.315 e. The molecule has 150 valence electrons. The Morgan fingerprint density at radius 2 is 1.96 bits per heavy atom. The molecule has 0 unspecified atom stereocenters. The number of piperidine rings is 1. The number of carbonyl (C=O) groups excluding carboxylic acids is 1. The molecular weight excluding hydrogens is 345 g/mol. The van der Waals surface area contributed by atoms with Crippen LogP contribution in [-0.2, 0) is 0 Å². The van der Waals surface area contributed by atoms with Gasteiger partial charge in [-0.1, -0.05) is 12.8 Å². The van der Waals surface area contributed by atoms with Gasteiger partial charge in [-0.3, -0.25) is 0 Å². The lowest BCUT2D eigenvalue weighted by atomic mass is 10.0. The highest BCUT2D eigenvalue weighted by molar-refractivity contribution is 5.74. The summed E-state index contributed by atoms with van der Waals surface area (Å²) >= 11 is 0. The molecule has 1 saturated heterocycles. The molecule has 0 spiro atoms. The lowest BCUT2D eigenvalue weighted by Crippen LogP contribution is -2.48. The van der Waals surface area contributed by atoms with Gasteiger partial charge in [-0.05, 0) is 56.7 Å². The summed E-state index contributed by atoms with van der Waals surface area (Å²) in [5.41, 5.74) is 0.638. The van der Waals surface area contributed by atoms with Crippen LogP contribution in [0.5, 0.6) is 5.75 Å². The summed E-state index contributed by atoms with van der Waals surface area (Å²) in [5.74, 6) is 1.11. The van der Waals surface area contributed by atoms with Gasteiger partial charge in [0.05, 0.1) is 13.2 Å². The summed E-state index contributed by atoms with van der Waals surface area (Å²) in [4.78, 5) is 14.9. The van der Waals surface area contributed by atoms with E-state index >= 15 is 0 Å². The second-order valence-electron chi connectivity index (χ2n) is 7.95. The van der Waals surface area contributed by atoms with Crippen LogP contribution in [0, 0.1) is 11.7 Å². The highest BCUT2D eigenvalue weighted by Crippen LogP contribution is 2.27. The number of benzene rings is 1. The first-order valence-electron chi connectivity index (χ1n) is 10.2. The number of methoxy groups -OCH3 is 1. The predicted molar refractivity (Wildman–Crippen MR) is 104 cm³/mol. The summed E-state index contributed by atoms with van der Waals surface area (Å²) in [7, 11) is 1.54. The minimum Gasteiger partial charge on any atom is -0.496 e. The molecule has 5 nitrogen and oxygen atoms in total. The number of nitrogens with zero attached hydrogens (tertiary/aromatic N) is 1. The van der Waals surface area contributed by atoms with Crippen molar-refractivity contribution >= 4 is 6.03 Å². The van der Waals surface area contributed by atoms with Crippen LogP contribution in [0.25, 0.3) is 0 Å². The fourth-order valence-electron chi connectivity index (χ4n) is 4.36. The second kappa shape index (κ2) is 9.40. The third-order valence-electron chi connectivity index (χ3n) is 5.92. The van der Waals surface area contributed by atoms with E-state index in [2.05, 4.69) is 15.5 Å². The molecule has 1 aromatic carbocycles. The van der Waals surface area contributed by atoms with Crippen molar-refractivity contribution in [2.75, 3.05) is 26.7 Å². The van der Waals surface area contributed by atoms with Crippen molar-refractivity contribution in [1.82, 2.24) is 15.5 Å². The van der Waals surface area contributed by atoms with Gasteiger partial charge in [0, 0.05) is 31.2 Å². The Kier molecular flexibility index (Phi) is 6.94. The van der Waals surface area contributed by atoms with Crippen LogP contribution in [0.4, 0.5) is 9.18 Å². The van der Waals surface area contributed by atoms with Gasteiger partial charge >= 0.3 is 6.03 Å². The molecule has 2 amide bonds. The summed E-state index contributed by atoms with van der Waals surface area (Å²) in [6.07, 6.45) is 7.49. The Balaban J connectivity index is 1.43. The van der Waals surface area contributed by atoms with Gasteiger partial charge in [-0.25, -0.2) is 9.18 Å². The zero-order chi connectivity index (χ0) is 19.2. The molecule has 3 rings (SSSR count). The summed E-state index contributed by atoms with van der Waals surface area (Å²) < 4.78 is 18.8. The van der Waals surface area contributed by atoms with E-state index in [1.54, 1.807) is 13.2 Å². The maximum atomic E-state index is 13.5. The van der Waals surface area contributed by atoms with E-state index in [1.807, 2.05) is 6.92 Å². The number of carbonyl (C=O) groups is 1. The average Bonchev–Trinajstić information content (AvgIpc) is 3.16. The summed E-state index contributed by atoms with van der Waals surface area (Å²) in [6.45, 7) is 5.15. The maximum Gasteiger partial charge on any atom is 0.315 e. The van der Waals surface area contributed by atoms with Gasteiger partial charge in [-0.2, -0.15) is 0 Å². The fourth-order valence-corrected chi connectivity index (χ4v) is 4.36. The van der Waals surface area contributed by atoms with E-state index < -0.39 is 0 Å². The van der Waals surface area contributed by atoms with Crippen molar-refractivity contribution in [1.29, 1.82) is 0 Å². The van der Waals surface area contributed by atoms with Crippen molar-refractivity contribution in [2.45, 2.75) is 57.5 Å².